The zero-order valence-corrected chi connectivity index (χ0v) is 9.70. The van der Waals surface area contributed by atoms with Gasteiger partial charge in [0.15, 0.2) is 0 Å². The van der Waals surface area contributed by atoms with Crippen LogP contribution in [0.1, 0.15) is 0 Å². The third-order valence-corrected chi connectivity index (χ3v) is 3.75. The van der Waals surface area contributed by atoms with Crippen LogP contribution in [-0.4, -0.2) is 32.0 Å². The monoisotopic (exact) mass is 258 g/mol. The second-order valence-electron chi connectivity index (χ2n) is 2.97. The van der Waals surface area contributed by atoms with Crippen molar-refractivity contribution >= 4 is 16.1 Å². The fourth-order valence-electron chi connectivity index (χ4n) is 1.11. The molecule has 0 bridgehead atoms. The molecule has 0 aliphatic carbocycles. The number of sulfone groups is 1. The minimum atomic E-state index is -4.10. The maximum absolute atomic E-state index is 11.9. The van der Waals surface area contributed by atoms with Crippen molar-refractivity contribution in [1.29, 1.82) is 0 Å². The molecular formula is C9H10N2O5S. The molecule has 1 aromatic rings. The number of nitro groups is 1. The molecule has 0 radical (unpaired) electrons. The van der Waals surface area contributed by atoms with E-state index in [9.17, 15) is 18.5 Å². The molecule has 0 saturated heterocycles. The fraction of sp³-hybridized carbons (Fsp3) is 0.222. The first-order valence-electron chi connectivity index (χ1n) is 4.49. The normalized spacial score (nSPS) is 13.5. The molecule has 0 saturated carbocycles. The van der Waals surface area contributed by atoms with E-state index in [1.807, 2.05) is 0 Å². The number of nitrogens with zero attached hydrogens (tertiary/aromatic N) is 2. The van der Waals surface area contributed by atoms with E-state index < -0.39 is 20.1 Å². The standard InChI is InChI=1S/C9H10N2O5S/c1-16-10-7-9(11(12)13)17(14,15)8-5-3-2-4-6-8/h2-7,9H,1H3. The van der Waals surface area contributed by atoms with E-state index in [-0.39, 0.29) is 4.90 Å². The van der Waals surface area contributed by atoms with Crippen molar-refractivity contribution < 1.29 is 18.2 Å². The molecule has 0 aliphatic heterocycles. The molecule has 0 aliphatic rings. The summed E-state index contributed by atoms with van der Waals surface area (Å²) in [6.45, 7) is 0. The second kappa shape index (κ2) is 5.39. The summed E-state index contributed by atoms with van der Waals surface area (Å²) in [6.07, 6.45) is 0.641. The minimum Gasteiger partial charge on any atom is -0.399 e. The summed E-state index contributed by atoms with van der Waals surface area (Å²) in [5, 5.41) is 11.9. The first-order valence-corrected chi connectivity index (χ1v) is 6.04. The lowest BCUT2D eigenvalue weighted by atomic mass is 10.4. The molecule has 0 amide bonds. The Hall–Kier alpha value is -1.96. The lowest BCUT2D eigenvalue weighted by molar-refractivity contribution is -0.478. The van der Waals surface area contributed by atoms with Crippen LogP contribution >= 0.6 is 0 Å². The van der Waals surface area contributed by atoms with Crippen LogP contribution in [-0.2, 0) is 14.7 Å². The smallest absolute Gasteiger partial charge is 0.352 e. The lowest BCUT2D eigenvalue weighted by Gasteiger charge is -2.05. The van der Waals surface area contributed by atoms with E-state index in [0.29, 0.717) is 6.21 Å². The molecule has 8 heteroatoms. The SMILES string of the molecule is CON=CC([N+](=O)[O-])S(=O)(=O)c1ccccc1. The van der Waals surface area contributed by atoms with Gasteiger partial charge < -0.3 is 4.84 Å². The highest BCUT2D eigenvalue weighted by Crippen LogP contribution is 2.15. The van der Waals surface area contributed by atoms with Crippen LogP contribution < -0.4 is 0 Å². The van der Waals surface area contributed by atoms with Crippen LogP contribution in [0, 0.1) is 10.1 Å². The minimum absolute atomic E-state index is 0.135. The van der Waals surface area contributed by atoms with Crippen molar-refractivity contribution in [3.05, 3.63) is 40.4 Å². The van der Waals surface area contributed by atoms with Gasteiger partial charge in [-0.2, -0.15) is 0 Å². The summed E-state index contributed by atoms with van der Waals surface area (Å²) in [5.74, 6) is 0. The van der Waals surface area contributed by atoms with E-state index in [0.717, 1.165) is 0 Å². The van der Waals surface area contributed by atoms with Crippen LogP contribution in [0.25, 0.3) is 0 Å². The first kappa shape index (κ1) is 13.1. The Morgan fingerprint density at radius 1 is 1.41 bits per heavy atom. The Labute approximate surface area is 97.8 Å². The third-order valence-electron chi connectivity index (χ3n) is 1.89. The van der Waals surface area contributed by atoms with E-state index in [1.165, 1.54) is 31.4 Å². The maximum Gasteiger partial charge on any atom is 0.352 e. The molecule has 7 nitrogen and oxygen atoms in total. The number of oxime groups is 1. The zero-order chi connectivity index (χ0) is 12.9. The topological polar surface area (TPSA) is 98.9 Å². The Balaban J connectivity index is 3.19. The Morgan fingerprint density at radius 2 is 2.00 bits per heavy atom. The summed E-state index contributed by atoms with van der Waals surface area (Å²) in [4.78, 5) is 13.9. The van der Waals surface area contributed by atoms with Gasteiger partial charge in [-0.05, 0) is 12.1 Å². The highest BCUT2D eigenvalue weighted by atomic mass is 32.2. The van der Waals surface area contributed by atoms with Crippen molar-refractivity contribution in [3.8, 4) is 0 Å². The molecule has 0 heterocycles. The summed E-state index contributed by atoms with van der Waals surface area (Å²) in [5.41, 5.74) is 0. The third kappa shape index (κ3) is 3.00. The predicted octanol–water partition coefficient (Wildman–Crippen LogP) is 0.695. The van der Waals surface area contributed by atoms with Crippen LogP contribution in [0.2, 0.25) is 0 Å². The van der Waals surface area contributed by atoms with Gasteiger partial charge >= 0.3 is 5.37 Å². The second-order valence-corrected chi connectivity index (χ2v) is 5.02. The van der Waals surface area contributed by atoms with Gasteiger partial charge in [0.25, 0.3) is 9.84 Å². The van der Waals surface area contributed by atoms with Gasteiger partial charge in [-0.15, -0.1) is 0 Å². The number of rotatable bonds is 5. The average molecular weight is 258 g/mol. The van der Waals surface area contributed by atoms with Crippen LogP contribution in [0.5, 0.6) is 0 Å². The van der Waals surface area contributed by atoms with Gasteiger partial charge in [-0.25, -0.2) is 8.42 Å². The fourth-order valence-corrected chi connectivity index (χ4v) is 2.36. The van der Waals surface area contributed by atoms with Gasteiger partial charge in [0.2, 0.25) is 0 Å². The van der Waals surface area contributed by atoms with Crippen molar-refractivity contribution in [2.75, 3.05) is 7.11 Å². The molecule has 1 rings (SSSR count). The molecular weight excluding hydrogens is 248 g/mol. The first-order chi connectivity index (χ1) is 8.00. The van der Waals surface area contributed by atoms with Gasteiger partial charge in [-0.1, -0.05) is 23.4 Å². The molecule has 92 valence electrons. The molecule has 0 spiro atoms. The quantitative estimate of drug-likeness (QED) is 0.439. The summed E-state index contributed by atoms with van der Waals surface area (Å²) in [7, 11) is -2.93. The molecule has 1 aromatic carbocycles. The van der Waals surface area contributed by atoms with Crippen LogP contribution in [0.3, 0.4) is 0 Å². The Morgan fingerprint density at radius 3 is 2.47 bits per heavy atom. The summed E-state index contributed by atoms with van der Waals surface area (Å²) < 4.78 is 23.8. The Bertz CT molecular complexity index is 511. The predicted molar refractivity (Wildman–Crippen MR) is 59.9 cm³/mol. The number of hydrogen-bond acceptors (Lipinski definition) is 6. The number of benzene rings is 1. The summed E-state index contributed by atoms with van der Waals surface area (Å²) in [6, 6.07) is 7.15. The summed E-state index contributed by atoms with van der Waals surface area (Å²) >= 11 is 0. The lowest BCUT2D eigenvalue weighted by Crippen LogP contribution is -2.31. The van der Waals surface area contributed by atoms with Crippen molar-refractivity contribution in [2.24, 2.45) is 5.16 Å². The largest absolute Gasteiger partial charge is 0.399 e. The van der Waals surface area contributed by atoms with E-state index in [1.54, 1.807) is 6.07 Å². The average Bonchev–Trinajstić information content (AvgIpc) is 2.30. The Kier molecular flexibility index (Phi) is 4.16. The van der Waals surface area contributed by atoms with Gasteiger partial charge in [0, 0.05) is 4.92 Å². The molecule has 17 heavy (non-hydrogen) atoms. The molecule has 1 unspecified atom stereocenters. The van der Waals surface area contributed by atoms with Gasteiger partial charge in [0.1, 0.15) is 13.3 Å². The van der Waals surface area contributed by atoms with Crippen LogP contribution in [0.4, 0.5) is 0 Å². The number of hydrogen-bond donors (Lipinski definition) is 0. The highest BCUT2D eigenvalue weighted by molar-refractivity contribution is 7.92. The van der Waals surface area contributed by atoms with E-state index in [4.69, 9.17) is 0 Å². The van der Waals surface area contributed by atoms with Gasteiger partial charge in [0.05, 0.1) is 4.90 Å². The van der Waals surface area contributed by atoms with E-state index in [2.05, 4.69) is 9.99 Å². The maximum atomic E-state index is 11.9. The van der Waals surface area contributed by atoms with Crippen LogP contribution in [0.15, 0.2) is 40.4 Å². The zero-order valence-electron chi connectivity index (χ0n) is 8.89. The van der Waals surface area contributed by atoms with Crippen molar-refractivity contribution in [1.82, 2.24) is 0 Å². The van der Waals surface area contributed by atoms with E-state index >= 15 is 0 Å². The van der Waals surface area contributed by atoms with Gasteiger partial charge in [-0.3, -0.25) is 10.1 Å². The highest BCUT2D eigenvalue weighted by Gasteiger charge is 2.36. The van der Waals surface area contributed by atoms with Crippen molar-refractivity contribution in [3.63, 3.8) is 0 Å². The van der Waals surface area contributed by atoms with Crippen molar-refractivity contribution in [2.45, 2.75) is 10.3 Å². The molecule has 0 N–H and O–H groups in total. The molecule has 0 fully saturated rings. The molecule has 1 atom stereocenters. The molecule has 0 aromatic heterocycles.